The maximum absolute atomic E-state index is 11.5. The summed E-state index contributed by atoms with van der Waals surface area (Å²) >= 11 is 5.58. The quantitative estimate of drug-likeness (QED) is 0.824. The van der Waals surface area contributed by atoms with Gasteiger partial charge in [-0.3, -0.25) is 0 Å². The number of hydrogen-bond acceptors (Lipinski definition) is 4. The molecule has 0 atom stereocenters. The summed E-state index contributed by atoms with van der Waals surface area (Å²) in [6.07, 6.45) is 0.875. The van der Waals surface area contributed by atoms with Crippen LogP contribution in [-0.2, 0) is 19.7 Å². The van der Waals surface area contributed by atoms with Crippen LogP contribution in [0.5, 0.6) is 0 Å². The Bertz CT molecular complexity index is 543. The van der Waals surface area contributed by atoms with Crippen LogP contribution in [0.1, 0.15) is 0 Å². The topological polar surface area (TPSA) is 68.3 Å². The van der Waals surface area contributed by atoms with Gasteiger partial charge in [-0.05, 0) is 24.3 Å². The van der Waals surface area contributed by atoms with Crippen molar-refractivity contribution in [2.75, 3.05) is 11.3 Å². The van der Waals surface area contributed by atoms with E-state index in [4.69, 9.17) is 11.6 Å². The van der Waals surface area contributed by atoms with Gasteiger partial charge in [0.1, 0.15) is 0 Å². The minimum Gasteiger partial charge on any atom is -0.228 e. The lowest BCUT2D eigenvalue weighted by Crippen LogP contribution is -2.15. The van der Waals surface area contributed by atoms with Crippen molar-refractivity contribution >= 4 is 31.3 Å². The Labute approximate surface area is 93.7 Å². The largest absolute Gasteiger partial charge is 0.228 e. The lowest BCUT2D eigenvalue weighted by Gasteiger charge is -2.02. The van der Waals surface area contributed by atoms with E-state index in [1.807, 2.05) is 0 Å². The van der Waals surface area contributed by atoms with Crippen molar-refractivity contribution in [2.24, 2.45) is 0 Å². The van der Waals surface area contributed by atoms with Crippen LogP contribution in [0.3, 0.4) is 0 Å². The molecule has 0 unspecified atom stereocenters. The second kappa shape index (κ2) is 4.11. The van der Waals surface area contributed by atoms with Gasteiger partial charge in [0.2, 0.25) is 0 Å². The molecule has 0 aliphatic heterocycles. The highest BCUT2D eigenvalue weighted by Gasteiger charge is 2.20. The number of rotatable bonds is 3. The van der Waals surface area contributed by atoms with Crippen molar-refractivity contribution in [1.82, 2.24) is 0 Å². The Morgan fingerprint density at radius 2 is 1.53 bits per heavy atom. The first-order chi connectivity index (χ1) is 6.71. The Morgan fingerprint density at radius 3 is 1.93 bits per heavy atom. The molecule has 0 radical (unpaired) electrons. The van der Waals surface area contributed by atoms with E-state index in [9.17, 15) is 16.8 Å². The first-order valence-electron chi connectivity index (χ1n) is 3.87. The van der Waals surface area contributed by atoms with Gasteiger partial charge >= 0.3 is 0 Å². The summed E-state index contributed by atoms with van der Waals surface area (Å²) in [5.41, 5.74) is 0. The molecule has 1 aromatic rings. The van der Waals surface area contributed by atoms with Crippen LogP contribution < -0.4 is 0 Å². The van der Waals surface area contributed by atoms with Crippen molar-refractivity contribution in [3.63, 3.8) is 0 Å². The third-order valence-corrected chi connectivity index (χ3v) is 5.74. The van der Waals surface area contributed by atoms with E-state index in [1.165, 1.54) is 24.3 Å². The summed E-state index contributed by atoms with van der Waals surface area (Å²) < 4.78 is 44.8. The zero-order chi connectivity index (χ0) is 11.7. The van der Waals surface area contributed by atoms with Crippen molar-refractivity contribution in [2.45, 2.75) is 4.90 Å². The summed E-state index contributed by atoms with van der Waals surface area (Å²) in [5.74, 6) is 0. The molecule has 0 amide bonds. The third-order valence-electron chi connectivity index (χ3n) is 1.54. The highest BCUT2D eigenvalue weighted by Crippen LogP contribution is 2.16. The van der Waals surface area contributed by atoms with E-state index in [2.05, 4.69) is 0 Å². The maximum Gasteiger partial charge on any atom is 0.192 e. The van der Waals surface area contributed by atoms with Crippen LogP contribution in [-0.4, -0.2) is 28.2 Å². The fourth-order valence-corrected chi connectivity index (χ4v) is 4.47. The molecular weight excluding hydrogens is 260 g/mol. The molecule has 0 spiro atoms. The van der Waals surface area contributed by atoms with Crippen LogP contribution in [0, 0.1) is 0 Å². The van der Waals surface area contributed by atoms with E-state index in [-0.39, 0.29) is 4.90 Å². The van der Waals surface area contributed by atoms with Crippen LogP contribution in [0.15, 0.2) is 29.2 Å². The lowest BCUT2D eigenvalue weighted by molar-refractivity contribution is 0.592. The fraction of sp³-hybridized carbons (Fsp3) is 0.250. The van der Waals surface area contributed by atoms with Gasteiger partial charge in [0, 0.05) is 11.3 Å². The lowest BCUT2D eigenvalue weighted by atomic mass is 10.4. The highest BCUT2D eigenvalue weighted by molar-refractivity contribution is 8.07. The fourth-order valence-electron chi connectivity index (χ4n) is 0.992. The second-order valence-corrected chi connectivity index (χ2v) is 8.04. The van der Waals surface area contributed by atoms with Crippen LogP contribution in [0.25, 0.3) is 0 Å². The van der Waals surface area contributed by atoms with Crippen molar-refractivity contribution in [1.29, 1.82) is 0 Å². The van der Waals surface area contributed by atoms with Crippen molar-refractivity contribution < 1.29 is 16.8 Å². The molecule has 0 fully saturated rings. The second-order valence-electron chi connectivity index (χ2n) is 3.11. The zero-order valence-electron chi connectivity index (χ0n) is 7.84. The number of sulfone groups is 2. The molecule has 0 N–H and O–H groups in total. The number of halogens is 1. The molecule has 0 aromatic heterocycles. The summed E-state index contributed by atoms with van der Waals surface area (Å²) in [6, 6.07) is 5.36. The summed E-state index contributed by atoms with van der Waals surface area (Å²) in [5, 5.41) is -0.491. The highest BCUT2D eigenvalue weighted by atomic mass is 35.5. The Kier molecular flexibility index (Phi) is 3.42. The predicted molar refractivity (Wildman–Crippen MR) is 58.3 cm³/mol. The maximum atomic E-state index is 11.5. The average molecular weight is 269 g/mol. The molecular formula is C8H9ClO4S2. The molecule has 1 rings (SSSR count). The van der Waals surface area contributed by atoms with Gasteiger partial charge in [0.05, 0.1) is 4.90 Å². The monoisotopic (exact) mass is 268 g/mol. The van der Waals surface area contributed by atoms with Gasteiger partial charge in [0.15, 0.2) is 24.8 Å². The van der Waals surface area contributed by atoms with E-state index in [0.29, 0.717) is 5.02 Å². The minimum atomic E-state index is -3.78. The Hall–Kier alpha value is -0.590. The van der Waals surface area contributed by atoms with Gasteiger partial charge < -0.3 is 0 Å². The van der Waals surface area contributed by atoms with E-state index >= 15 is 0 Å². The zero-order valence-corrected chi connectivity index (χ0v) is 10.2. The van der Waals surface area contributed by atoms with Crippen molar-refractivity contribution in [3.8, 4) is 0 Å². The Morgan fingerprint density at radius 1 is 1.07 bits per heavy atom. The molecule has 7 heteroatoms. The van der Waals surface area contributed by atoms with Gasteiger partial charge in [-0.2, -0.15) is 0 Å². The molecule has 0 aliphatic carbocycles. The van der Waals surface area contributed by atoms with Gasteiger partial charge in [0.25, 0.3) is 0 Å². The molecule has 15 heavy (non-hydrogen) atoms. The SMILES string of the molecule is CS(=O)(=O)CS(=O)(=O)c1ccc(Cl)cc1. The molecule has 0 bridgehead atoms. The first kappa shape index (κ1) is 12.5. The molecule has 0 saturated carbocycles. The third kappa shape index (κ3) is 3.81. The van der Waals surface area contributed by atoms with Gasteiger partial charge in [-0.1, -0.05) is 11.6 Å². The number of hydrogen-bond donors (Lipinski definition) is 0. The van der Waals surface area contributed by atoms with Gasteiger partial charge in [-0.15, -0.1) is 0 Å². The van der Waals surface area contributed by atoms with Crippen LogP contribution in [0.2, 0.25) is 5.02 Å². The molecule has 0 aliphatic rings. The van der Waals surface area contributed by atoms with Crippen LogP contribution >= 0.6 is 11.6 Å². The first-order valence-corrected chi connectivity index (χ1v) is 7.96. The summed E-state index contributed by atoms with van der Waals surface area (Å²) in [6.45, 7) is 0. The number of benzene rings is 1. The summed E-state index contributed by atoms with van der Waals surface area (Å²) in [4.78, 5) is -0.0441. The van der Waals surface area contributed by atoms with Crippen LogP contribution in [0.4, 0.5) is 0 Å². The molecule has 84 valence electrons. The predicted octanol–water partition coefficient (Wildman–Crippen LogP) is 1.12. The standard InChI is InChI=1S/C8H9ClO4S2/c1-14(10,11)6-15(12,13)8-4-2-7(9)3-5-8/h2-5H,6H2,1H3. The van der Waals surface area contributed by atoms with E-state index < -0.39 is 24.8 Å². The van der Waals surface area contributed by atoms with E-state index in [0.717, 1.165) is 6.26 Å². The smallest absolute Gasteiger partial charge is 0.192 e. The molecule has 1 aromatic carbocycles. The minimum absolute atomic E-state index is 0.0441. The molecule has 0 heterocycles. The van der Waals surface area contributed by atoms with Crippen molar-refractivity contribution in [3.05, 3.63) is 29.3 Å². The summed E-state index contributed by atoms with van der Waals surface area (Å²) in [7, 11) is -7.34. The average Bonchev–Trinajstić information content (AvgIpc) is 2.00. The van der Waals surface area contributed by atoms with Gasteiger partial charge in [-0.25, -0.2) is 16.8 Å². The van der Waals surface area contributed by atoms with E-state index in [1.54, 1.807) is 0 Å². The normalized spacial score (nSPS) is 12.7. The molecule has 4 nitrogen and oxygen atoms in total. The molecule has 0 saturated heterocycles. The Balaban J connectivity index is 3.13.